The maximum Gasteiger partial charge on any atom is 0.240 e. The van der Waals surface area contributed by atoms with Crippen LogP contribution >= 0.6 is 0 Å². The van der Waals surface area contributed by atoms with Crippen LogP contribution in [0.15, 0.2) is 58.4 Å². The fourth-order valence-electron chi connectivity index (χ4n) is 2.25. The lowest BCUT2D eigenvalue weighted by Gasteiger charge is -2.02. The summed E-state index contributed by atoms with van der Waals surface area (Å²) < 4.78 is 25.6. The Kier molecular flexibility index (Phi) is 3.89. The summed E-state index contributed by atoms with van der Waals surface area (Å²) in [6.45, 7) is 0. The Morgan fingerprint density at radius 3 is 2.52 bits per heavy atom. The summed E-state index contributed by atoms with van der Waals surface area (Å²) in [6.07, 6.45) is 1.55. The van der Waals surface area contributed by atoms with Crippen molar-refractivity contribution in [2.24, 2.45) is 4.99 Å². The van der Waals surface area contributed by atoms with E-state index in [1.165, 1.54) is 19.2 Å². The smallest absolute Gasteiger partial charge is 0.240 e. The second-order valence-electron chi connectivity index (χ2n) is 4.89. The lowest BCUT2D eigenvalue weighted by atomic mass is 10.2. The van der Waals surface area contributed by atoms with Crippen LogP contribution in [-0.2, 0) is 10.0 Å². The van der Waals surface area contributed by atoms with Crippen molar-refractivity contribution in [1.82, 2.24) is 9.71 Å². The number of hydrogen-bond acceptors (Lipinski definition) is 4. The highest BCUT2D eigenvalue weighted by atomic mass is 32.2. The van der Waals surface area contributed by atoms with Gasteiger partial charge in [-0.1, -0.05) is 18.2 Å². The number of fused-ring (bicyclic) bond motifs is 1. The quantitative estimate of drug-likeness (QED) is 0.642. The third-order valence-corrected chi connectivity index (χ3v) is 4.91. The summed E-state index contributed by atoms with van der Waals surface area (Å²) in [7, 11) is -2.09. The Labute approximate surface area is 133 Å². The number of aromatic nitrogens is 1. The Bertz CT molecular complexity index is 973. The molecule has 0 saturated heterocycles. The monoisotopic (exact) mass is 329 g/mol. The molecule has 1 heterocycles. The van der Waals surface area contributed by atoms with Crippen LogP contribution in [0.1, 0.15) is 5.56 Å². The number of para-hydroxylation sites is 1. The van der Waals surface area contributed by atoms with E-state index in [1.807, 2.05) is 24.3 Å². The van der Waals surface area contributed by atoms with Crippen LogP contribution in [0.25, 0.3) is 10.9 Å². The molecule has 3 rings (SSSR count). The molecular weight excluding hydrogens is 314 g/mol. The SMILES string of the molecule is CNS(=O)(=O)c1ccc(N=Cc2c(O)[nH]c3ccccc23)cc1. The summed E-state index contributed by atoms with van der Waals surface area (Å²) in [4.78, 5) is 7.34. The first-order valence-corrected chi connectivity index (χ1v) is 8.37. The Morgan fingerprint density at radius 1 is 1.13 bits per heavy atom. The van der Waals surface area contributed by atoms with Crippen molar-refractivity contribution in [1.29, 1.82) is 0 Å². The maximum atomic E-state index is 11.7. The molecule has 0 amide bonds. The van der Waals surface area contributed by atoms with E-state index >= 15 is 0 Å². The van der Waals surface area contributed by atoms with Crippen molar-refractivity contribution in [3.63, 3.8) is 0 Å². The highest BCUT2D eigenvalue weighted by Crippen LogP contribution is 2.26. The van der Waals surface area contributed by atoms with E-state index in [0.29, 0.717) is 11.3 Å². The van der Waals surface area contributed by atoms with Gasteiger partial charge >= 0.3 is 0 Å². The predicted molar refractivity (Wildman–Crippen MR) is 89.9 cm³/mol. The zero-order chi connectivity index (χ0) is 16.4. The molecular formula is C16H15N3O3S. The van der Waals surface area contributed by atoms with Gasteiger partial charge in [-0.05, 0) is 37.4 Å². The largest absolute Gasteiger partial charge is 0.494 e. The van der Waals surface area contributed by atoms with Gasteiger partial charge in [0.15, 0.2) is 5.88 Å². The van der Waals surface area contributed by atoms with E-state index < -0.39 is 10.0 Å². The van der Waals surface area contributed by atoms with Crippen LogP contribution in [0.2, 0.25) is 0 Å². The molecule has 2 aromatic carbocycles. The van der Waals surface area contributed by atoms with E-state index in [2.05, 4.69) is 14.7 Å². The number of H-pyrrole nitrogens is 1. The molecule has 1 aromatic heterocycles. The number of aromatic amines is 1. The van der Waals surface area contributed by atoms with Gasteiger partial charge in [-0.15, -0.1) is 0 Å². The Morgan fingerprint density at radius 2 is 1.83 bits per heavy atom. The number of aliphatic imine (C=N–C) groups is 1. The molecule has 6 nitrogen and oxygen atoms in total. The predicted octanol–water partition coefficient (Wildman–Crippen LogP) is 2.53. The molecule has 0 fully saturated rings. The summed E-state index contributed by atoms with van der Waals surface area (Å²) in [6, 6.07) is 13.7. The molecule has 0 saturated carbocycles. The number of aromatic hydroxyl groups is 1. The lowest BCUT2D eigenvalue weighted by molar-refractivity contribution is 0.457. The first-order valence-electron chi connectivity index (χ1n) is 6.88. The first-order chi connectivity index (χ1) is 11.0. The van der Waals surface area contributed by atoms with Crippen LogP contribution in [0, 0.1) is 0 Å². The minimum absolute atomic E-state index is 0.0457. The summed E-state index contributed by atoms with van der Waals surface area (Å²) >= 11 is 0. The minimum Gasteiger partial charge on any atom is -0.494 e. The van der Waals surface area contributed by atoms with Crippen LogP contribution in [0.5, 0.6) is 5.88 Å². The van der Waals surface area contributed by atoms with Gasteiger partial charge in [-0.25, -0.2) is 13.1 Å². The third kappa shape index (κ3) is 2.96. The molecule has 0 unspecified atom stereocenters. The van der Waals surface area contributed by atoms with E-state index in [4.69, 9.17) is 0 Å². The molecule has 0 aliphatic carbocycles. The van der Waals surface area contributed by atoms with Gasteiger partial charge in [0.05, 0.1) is 16.1 Å². The van der Waals surface area contributed by atoms with E-state index in [9.17, 15) is 13.5 Å². The van der Waals surface area contributed by atoms with Crippen molar-refractivity contribution in [2.45, 2.75) is 4.90 Å². The van der Waals surface area contributed by atoms with Gasteiger partial charge < -0.3 is 10.1 Å². The molecule has 118 valence electrons. The summed E-state index contributed by atoms with van der Waals surface area (Å²) in [5.74, 6) is 0.0457. The van der Waals surface area contributed by atoms with E-state index in [1.54, 1.807) is 18.3 Å². The van der Waals surface area contributed by atoms with Gasteiger partial charge in [-0.3, -0.25) is 4.99 Å². The van der Waals surface area contributed by atoms with Gasteiger partial charge in [0, 0.05) is 17.1 Å². The first kappa shape index (κ1) is 15.3. The highest BCUT2D eigenvalue weighted by molar-refractivity contribution is 7.89. The molecule has 7 heteroatoms. The fourth-order valence-corrected chi connectivity index (χ4v) is 2.98. The van der Waals surface area contributed by atoms with Crippen molar-refractivity contribution in [3.8, 4) is 5.88 Å². The van der Waals surface area contributed by atoms with Crippen molar-refractivity contribution in [3.05, 3.63) is 54.1 Å². The molecule has 0 atom stereocenters. The van der Waals surface area contributed by atoms with E-state index in [-0.39, 0.29) is 10.8 Å². The third-order valence-electron chi connectivity index (χ3n) is 3.48. The summed E-state index contributed by atoms with van der Waals surface area (Å²) in [5.41, 5.74) is 2.00. The molecule has 0 spiro atoms. The lowest BCUT2D eigenvalue weighted by Crippen LogP contribution is -2.18. The highest BCUT2D eigenvalue weighted by Gasteiger charge is 2.10. The zero-order valence-corrected chi connectivity index (χ0v) is 13.1. The molecule has 0 bridgehead atoms. The van der Waals surface area contributed by atoms with Crippen LogP contribution < -0.4 is 4.72 Å². The number of hydrogen-bond donors (Lipinski definition) is 3. The normalized spacial score (nSPS) is 12.2. The number of sulfonamides is 1. The van der Waals surface area contributed by atoms with Crippen molar-refractivity contribution < 1.29 is 13.5 Å². The minimum atomic E-state index is -3.46. The molecule has 0 aliphatic rings. The molecule has 0 aliphatic heterocycles. The number of rotatable bonds is 4. The fraction of sp³-hybridized carbons (Fsp3) is 0.0625. The average molecular weight is 329 g/mol. The van der Waals surface area contributed by atoms with Gasteiger partial charge in [0.25, 0.3) is 0 Å². The second-order valence-corrected chi connectivity index (χ2v) is 6.78. The molecule has 23 heavy (non-hydrogen) atoms. The maximum absolute atomic E-state index is 11.7. The van der Waals surface area contributed by atoms with Crippen LogP contribution in [0.4, 0.5) is 5.69 Å². The van der Waals surface area contributed by atoms with Gasteiger partial charge in [-0.2, -0.15) is 0 Å². The van der Waals surface area contributed by atoms with Crippen LogP contribution in [0.3, 0.4) is 0 Å². The number of nitrogens with zero attached hydrogens (tertiary/aromatic N) is 1. The van der Waals surface area contributed by atoms with Crippen molar-refractivity contribution >= 4 is 32.8 Å². The summed E-state index contributed by atoms with van der Waals surface area (Å²) in [5, 5.41) is 10.8. The molecule has 3 aromatic rings. The second kappa shape index (κ2) is 5.86. The van der Waals surface area contributed by atoms with Gasteiger partial charge in [0.1, 0.15) is 0 Å². The van der Waals surface area contributed by atoms with Crippen LogP contribution in [-0.4, -0.2) is 31.8 Å². The number of nitrogens with one attached hydrogen (secondary N) is 2. The molecule has 0 radical (unpaired) electrons. The Balaban J connectivity index is 1.92. The van der Waals surface area contributed by atoms with Crippen molar-refractivity contribution in [2.75, 3.05) is 7.05 Å². The topological polar surface area (TPSA) is 94.6 Å². The van der Waals surface area contributed by atoms with E-state index in [0.717, 1.165) is 10.9 Å². The number of benzene rings is 2. The molecule has 3 N–H and O–H groups in total. The average Bonchev–Trinajstić information content (AvgIpc) is 2.88. The Hall–Kier alpha value is -2.64. The zero-order valence-electron chi connectivity index (χ0n) is 12.3. The van der Waals surface area contributed by atoms with Gasteiger partial charge in [0.2, 0.25) is 10.0 Å². The standard InChI is InChI=1S/C16H15N3O3S/c1-17-23(21,22)12-8-6-11(7-9-12)18-10-14-13-4-2-3-5-15(13)19-16(14)20/h2-10,17,19-20H,1H3.